The number of hydrogen-bond acceptors (Lipinski definition) is 4. The van der Waals surface area contributed by atoms with Crippen LogP contribution in [0.2, 0.25) is 0 Å². The van der Waals surface area contributed by atoms with Crippen LogP contribution in [0.5, 0.6) is 5.75 Å². The normalized spacial score (nSPS) is 18.1. The summed E-state index contributed by atoms with van der Waals surface area (Å²) in [5.74, 6) is 0.0824. The average Bonchev–Trinajstić information content (AvgIpc) is 3.09. The monoisotopic (exact) mass is 342 g/mol. The first-order valence-corrected chi connectivity index (χ1v) is 8.41. The Labute approximate surface area is 145 Å². The second-order valence-corrected chi connectivity index (χ2v) is 6.29. The zero-order valence-electron chi connectivity index (χ0n) is 13.7. The summed E-state index contributed by atoms with van der Waals surface area (Å²) in [5.41, 5.74) is 1.71. The van der Waals surface area contributed by atoms with E-state index in [1.807, 2.05) is 30.3 Å². The highest BCUT2D eigenvalue weighted by molar-refractivity contribution is 5.86. The smallest absolute Gasteiger partial charge is 0.411 e. The van der Waals surface area contributed by atoms with Crippen molar-refractivity contribution in [1.82, 2.24) is 0 Å². The summed E-state index contributed by atoms with van der Waals surface area (Å²) in [6, 6.07) is 12.6. The van der Waals surface area contributed by atoms with Crippen molar-refractivity contribution in [3.05, 3.63) is 53.8 Å². The van der Waals surface area contributed by atoms with E-state index in [4.69, 9.17) is 9.47 Å². The SMILES string of the molecule is O=C(Nc1cc(F)c2c(c1)OC[C@@H]1CCCN21)OCc1ccccc1. The highest BCUT2D eigenvalue weighted by Gasteiger charge is 2.34. The van der Waals surface area contributed by atoms with Gasteiger partial charge in [-0.2, -0.15) is 0 Å². The van der Waals surface area contributed by atoms with E-state index in [1.165, 1.54) is 6.07 Å². The number of benzene rings is 2. The Morgan fingerprint density at radius 2 is 2.16 bits per heavy atom. The first kappa shape index (κ1) is 15.7. The van der Waals surface area contributed by atoms with Gasteiger partial charge in [-0.25, -0.2) is 9.18 Å². The van der Waals surface area contributed by atoms with Crippen LogP contribution in [-0.2, 0) is 11.3 Å². The molecule has 2 aliphatic heterocycles. The number of halogens is 1. The molecule has 1 saturated heterocycles. The van der Waals surface area contributed by atoms with Crippen LogP contribution >= 0.6 is 0 Å². The molecule has 1 amide bonds. The third kappa shape index (κ3) is 3.24. The minimum Gasteiger partial charge on any atom is -0.489 e. The van der Waals surface area contributed by atoms with Crippen LogP contribution in [-0.4, -0.2) is 25.3 Å². The molecule has 0 saturated carbocycles. The number of anilines is 2. The number of carbonyl (C=O) groups is 1. The molecule has 2 aromatic carbocycles. The number of carbonyl (C=O) groups excluding carboxylic acids is 1. The number of ether oxygens (including phenoxy) is 2. The Hall–Kier alpha value is -2.76. The second-order valence-electron chi connectivity index (χ2n) is 6.29. The molecule has 130 valence electrons. The lowest BCUT2D eigenvalue weighted by molar-refractivity contribution is 0.155. The molecule has 1 N–H and O–H groups in total. The molecular weight excluding hydrogens is 323 g/mol. The van der Waals surface area contributed by atoms with E-state index in [2.05, 4.69) is 10.2 Å². The average molecular weight is 342 g/mol. The summed E-state index contributed by atoms with van der Waals surface area (Å²) >= 11 is 0. The Bertz CT molecular complexity index is 782. The summed E-state index contributed by atoms with van der Waals surface area (Å²) < 4.78 is 25.4. The highest BCUT2D eigenvalue weighted by atomic mass is 19.1. The number of nitrogens with one attached hydrogen (secondary N) is 1. The van der Waals surface area contributed by atoms with Crippen molar-refractivity contribution in [3.8, 4) is 5.75 Å². The number of rotatable bonds is 3. The Morgan fingerprint density at radius 3 is 3.00 bits per heavy atom. The van der Waals surface area contributed by atoms with E-state index in [9.17, 15) is 9.18 Å². The molecule has 5 nitrogen and oxygen atoms in total. The summed E-state index contributed by atoms with van der Waals surface area (Å²) in [6.07, 6.45) is 1.43. The van der Waals surface area contributed by atoms with Crippen molar-refractivity contribution in [3.63, 3.8) is 0 Å². The molecule has 2 aliphatic rings. The van der Waals surface area contributed by atoms with Gasteiger partial charge in [0.05, 0.1) is 11.7 Å². The maximum absolute atomic E-state index is 14.6. The first-order chi connectivity index (χ1) is 12.2. The van der Waals surface area contributed by atoms with Gasteiger partial charge in [0.1, 0.15) is 24.7 Å². The molecule has 2 aromatic rings. The molecule has 6 heteroatoms. The summed E-state index contributed by atoms with van der Waals surface area (Å²) in [6.45, 7) is 1.55. The molecule has 4 rings (SSSR count). The fourth-order valence-electron chi connectivity index (χ4n) is 3.40. The van der Waals surface area contributed by atoms with Crippen molar-refractivity contribution < 1.29 is 18.7 Å². The third-order valence-electron chi connectivity index (χ3n) is 4.58. The van der Waals surface area contributed by atoms with Gasteiger partial charge in [-0.3, -0.25) is 5.32 Å². The second kappa shape index (κ2) is 6.63. The van der Waals surface area contributed by atoms with Gasteiger partial charge in [-0.15, -0.1) is 0 Å². The van der Waals surface area contributed by atoms with Gasteiger partial charge in [-0.05, 0) is 24.5 Å². The molecule has 1 fully saturated rings. The molecule has 0 spiro atoms. The van der Waals surface area contributed by atoms with Crippen molar-refractivity contribution >= 4 is 17.5 Å². The van der Waals surface area contributed by atoms with Crippen LogP contribution in [0.4, 0.5) is 20.6 Å². The Kier molecular flexibility index (Phi) is 4.17. The fraction of sp³-hybridized carbons (Fsp3) is 0.316. The summed E-state index contributed by atoms with van der Waals surface area (Å²) in [5, 5.41) is 2.56. The topological polar surface area (TPSA) is 50.8 Å². The lowest BCUT2D eigenvalue weighted by Crippen LogP contribution is -2.38. The first-order valence-electron chi connectivity index (χ1n) is 8.41. The van der Waals surface area contributed by atoms with Crippen LogP contribution < -0.4 is 15.0 Å². The minimum atomic E-state index is -0.627. The third-order valence-corrected chi connectivity index (χ3v) is 4.58. The molecule has 0 aromatic heterocycles. The van der Waals surface area contributed by atoms with Crippen molar-refractivity contribution in [1.29, 1.82) is 0 Å². The van der Waals surface area contributed by atoms with E-state index in [1.54, 1.807) is 6.07 Å². The standard InChI is InChI=1S/C19H19FN2O3/c20-16-9-14(21-19(23)25-11-13-5-2-1-3-6-13)10-17-18(16)22-8-4-7-15(22)12-24-17/h1-3,5-6,9-10,15H,4,7-8,11-12H2,(H,21,23)/t15-/m0/s1. The fourth-order valence-corrected chi connectivity index (χ4v) is 3.40. The highest BCUT2D eigenvalue weighted by Crippen LogP contribution is 2.41. The zero-order chi connectivity index (χ0) is 17.2. The van der Waals surface area contributed by atoms with Crippen LogP contribution in [0.25, 0.3) is 0 Å². The van der Waals surface area contributed by atoms with Crippen LogP contribution in [0, 0.1) is 5.82 Å². The van der Waals surface area contributed by atoms with Crippen LogP contribution in [0.1, 0.15) is 18.4 Å². The molecule has 0 bridgehead atoms. The number of nitrogens with zero attached hydrogens (tertiary/aromatic N) is 1. The van der Waals surface area contributed by atoms with Crippen molar-refractivity contribution in [2.24, 2.45) is 0 Å². The Balaban J connectivity index is 1.45. The van der Waals surface area contributed by atoms with Gasteiger partial charge in [-0.1, -0.05) is 30.3 Å². The predicted molar refractivity (Wildman–Crippen MR) is 92.5 cm³/mol. The predicted octanol–water partition coefficient (Wildman–Crippen LogP) is 3.94. The molecular formula is C19H19FN2O3. The zero-order valence-corrected chi connectivity index (χ0v) is 13.7. The van der Waals surface area contributed by atoms with Gasteiger partial charge in [0.25, 0.3) is 0 Å². The lowest BCUT2D eigenvalue weighted by atomic mass is 10.1. The van der Waals surface area contributed by atoms with E-state index in [0.717, 1.165) is 24.9 Å². The molecule has 0 unspecified atom stereocenters. The molecule has 0 aliphatic carbocycles. The van der Waals surface area contributed by atoms with Gasteiger partial charge in [0.2, 0.25) is 0 Å². The number of amides is 1. The van der Waals surface area contributed by atoms with Gasteiger partial charge >= 0.3 is 6.09 Å². The molecule has 2 heterocycles. The van der Waals surface area contributed by atoms with E-state index < -0.39 is 6.09 Å². The lowest BCUT2D eigenvalue weighted by Gasteiger charge is -2.34. The maximum Gasteiger partial charge on any atom is 0.411 e. The largest absolute Gasteiger partial charge is 0.489 e. The Morgan fingerprint density at radius 1 is 1.32 bits per heavy atom. The molecule has 0 radical (unpaired) electrons. The summed E-state index contributed by atoms with van der Waals surface area (Å²) in [4.78, 5) is 14.0. The quantitative estimate of drug-likeness (QED) is 0.918. The van der Waals surface area contributed by atoms with E-state index >= 15 is 0 Å². The van der Waals surface area contributed by atoms with Crippen molar-refractivity contribution in [2.45, 2.75) is 25.5 Å². The van der Waals surface area contributed by atoms with Gasteiger partial charge in [0.15, 0.2) is 5.82 Å². The van der Waals surface area contributed by atoms with Crippen LogP contribution in [0.3, 0.4) is 0 Å². The molecule has 1 atom stereocenters. The van der Waals surface area contributed by atoms with E-state index in [-0.39, 0.29) is 18.5 Å². The van der Waals surface area contributed by atoms with Gasteiger partial charge in [0, 0.05) is 12.6 Å². The number of fused-ring (bicyclic) bond motifs is 3. The number of hydrogen-bond donors (Lipinski definition) is 1. The maximum atomic E-state index is 14.6. The summed E-state index contributed by atoms with van der Waals surface area (Å²) in [7, 11) is 0. The van der Waals surface area contributed by atoms with Gasteiger partial charge < -0.3 is 14.4 Å². The molecule has 25 heavy (non-hydrogen) atoms. The minimum absolute atomic E-state index is 0.159. The van der Waals surface area contributed by atoms with Crippen molar-refractivity contribution in [2.75, 3.05) is 23.4 Å². The van der Waals surface area contributed by atoms with Crippen LogP contribution in [0.15, 0.2) is 42.5 Å². The van der Waals surface area contributed by atoms with E-state index in [0.29, 0.717) is 23.7 Å².